The van der Waals surface area contributed by atoms with Gasteiger partial charge in [0.1, 0.15) is 17.9 Å². The Balaban J connectivity index is 1.70. The van der Waals surface area contributed by atoms with Gasteiger partial charge in [-0.25, -0.2) is 4.99 Å². The van der Waals surface area contributed by atoms with Crippen LogP contribution >= 0.6 is 0 Å². The van der Waals surface area contributed by atoms with Gasteiger partial charge in [-0.3, -0.25) is 0 Å². The van der Waals surface area contributed by atoms with E-state index in [9.17, 15) is 0 Å². The van der Waals surface area contributed by atoms with E-state index in [-0.39, 0.29) is 5.54 Å². The minimum atomic E-state index is -0.151. The lowest BCUT2D eigenvalue weighted by Crippen LogP contribution is -2.35. The maximum absolute atomic E-state index is 5.69. The second-order valence-electron chi connectivity index (χ2n) is 6.32. The van der Waals surface area contributed by atoms with Gasteiger partial charge in [-0.2, -0.15) is 0 Å². The molecule has 1 aliphatic heterocycles. The molecule has 0 amide bonds. The fraction of sp³-hybridized carbons (Fsp3) is 0.412. The zero-order valence-corrected chi connectivity index (χ0v) is 12.8. The number of rotatable bonds is 1. The molecule has 114 valence electrons. The number of fused-ring (bicyclic) bond motifs is 1. The van der Waals surface area contributed by atoms with Gasteiger partial charge in [0.15, 0.2) is 0 Å². The number of hydrogen-bond acceptors (Lipinski definition) is 5. The molecule has 2 N–H and O–H groups in total. The third kappa shape index (κ3) is 2.00. The maximum atomic E-state index is 5.69. The van der Waals surface area contributed by atoms with E-state index >= 15 is 0 Å². The third-order valence-corrected chi connectivity index (χ3v) is 4.74. The van der Waals surface area contributed by atoms with Gasteiger partial charge in [0.2, 0.25) is 0 Å². The summed E-state index contributed by atoms with van der Waals surface area (Å²) in [5.41, 5.74) is 11.5. The van der Waals surface area contributed by atoms with Crippen molar-refractivity contribution in [2.24, 2.45) is 10.7 Å². The molecule has 1 spiro atoms. The van der Waals surface area contributed by atoms with Gasteiger partial charge in [0.25, 0.3) is 6.02 Å². The molecule has 22 heavy (non-hydrogen) atoms. The van der Waals surface area contributed by atoms with Crippen molar-refractivity contribution in [3.8, 4) is 11.1 Å². The van der Waals surface area contributed by atoms with E-state index in [1.165, 1.54) is 16.7 Å². The van der Waals surface area contributed by atoms with Crippen LogP contribution < -0.4 is 5.73 Å². The summed E-state index contributed by atoms with van der Waals surface area (Å²) >= 11 is 0. The summed E-state index contributed by atoms with van der Waals surface area (Å²) in [6.07, 6.45) is 2.86. The van der Waals surface area contributed by atoms with E-state index in [1.54, 1.807) is 0 Å². The summed E-state index contributed by atoms with van der Waals surface area (Å²) in [6.45, 7) is 4.54. The van der Waals surface area contributed by atoms with Gasteiger partial charge in [-0.05, 0) is 43.4 Å². The highest BCUT2D eigenvalue weighted by Crippen LogP contribution is 2.37. The van der Waals surface area contributed by atoms with Gasteiger partial charge in [0, 0.05) is 12.0 Å². The molecule has 0 fully saturated rings. The molecule has 1 aromatic heterocycles. The van der Waals surface area contributed by atoms with Crippen molar-refractivity contribution in [2.45, 2.75) is 38.6 Å². The van der Waals surface area contributed by atoms with Gasteiger partial charge in [0.05, 0.1) is 5.69 Å². The standard InChI is InChI=1S/C17H19N3O2/c1-10-15(11(2)22-20-10)13-3-4-14-8-17(6-5-12(14)7-13)9-21-16(18)19-17/h3-4,7H,5-6,8-9H2,1-2H3,(H2,18,19). The van der Waals surface area contributed by atoms with Crippen LogP contribution in [0, 0.1) is 13.8 Å². The van der Waals surface area contributed by atoms with Crippen LogP contribution in [0.4, 0.5) is 0 Å². The molecule has 0 saturated heterocycles. The summed E-state index contributed by atoms with van der Waals surface area (Å²) in [5, 5.41) is 4.05. The lowest BCUT2D eigenvalue weighted by atomic mass is 9.78. The van der Waals surface area contributed by atoms with E-state index < -0.39 is 0 Å². The van der Waals surface area contributed by atoms with Crippen LogP contribution in [0.2, 0.25) is 0 Å². The van der Waals surface area contributed by atoms with Gasteiger partial charge in [-0.15, -0.1) is 0 Å². The Labute approximate surface area is 129 Å². The SMILES string of the molecule is Cc1noc(C)c1-c1ccc2c(c1)CCC1(COC(N)=N1)C2. The third-order valence-electron chi connectivity index (χ3n) is 4.74. The Hall–Kier alpha value is -2.30. The zero-order chi connectivity index (χ0) is 15.3. The quantitative estimate of drug-likeness (QED) is 0.877. The van der Waals surface area contributed by atoms with E-state index in [0.717, 1.165) is 36.3 Å². The molecule has 1 atom stereocenters. The van der Waals surface area contributed by atoms with E-state index in [2.05, 4.69) is 28.3 Å². The van der Waals surface area contributed by atoms with E-state index in [1.807, 2.05) is 13.8 Å². The molecule has 0 bridgehead atoms. The molecule has 2 aliphatic rings. The average molecular weight is 297 g/mol. The second-order valence-corrected chi connectivity index (χ2v) is 6.32. The number of ether oxygens (including phenoxy) is 1. The van der Waals surface area contributed by atoms with Crippen LogP contribution in [0.15, 0.2) is 27.7 Å². The molecule has 0 radical (unpaired) electrons. The minimum absolute atomic E-state index is 0.151. The van der Waals surface area contributed by atoms with Crippen molar-refractivity contribution >= 4 is 6.02 Å². The van der Waals surface area contributed by atoms with Crippen LogP contribution in [0.1, 0.15) is 29.0 Å². The summed E-state index contributed by atoms with van der Waals surface area (Å²) in [7, 11) is 0. The van der Waals surface area contributed by atoms with E-state index in [0.29, 0.717) is 12.6 Å². The Bertz CT molecular complexity index is 759. The average Bonchev–Trinajstić information content (AvgIpc) is 3.02. The molecule has 2 aromatic rings. The Morgan fingerprint density at radius 2 is 2.09 bits per heavy atom. The topological polar surface area (TPSA) is 73.6 Å². The highest BCUT2D eigenvalue weighted by Gasteiger charge is 2.39. The van der Waals surface area contributed by atoms with Gasteiger partial charge < -0.3 is 15.0 Å². The zero-order valence-electron chi connectivity index (χ0n) is 12.8. The first-order chi connectivity index (χ1) is 10.6. The summed E-state index contributed by atoms with van der Waals surface area (Å²) < 4.78 is 10.7. The lowest BCUT2D eigenvalue weighted by molar-refractivity contribution is 0.235. The van der Waals surface area contributed by atoms with Crippen molar-refractivity contribution in [1.29, 1.82) is 0 Å². The molecular weight excluding hydrogens is 278 g/mol. The van der Waals surface area contributed by atoms with Crippen LogP contribution in [0.25, 0.3) is 11.1 Å². The Morgan fingerprint density at radius 3 is 2.77 bits per heavy atom. The molecule has 4 rings (SSSR count). The smallest absolute Gasteiger partial charge is 0.282 e. The van der Waals surface area contributed by atoms with E-state index in [4.69, 9.17) is 15.0 Å². The van der Waals surface area contributed by atoms with Crippen LogP contribution in [-0.4, -0.2) is 23.3 Å². The number of nitrogens with zero attached hydrogens (tertiary/aromatic N) is 2. The van der Waals surface area contributed by atoms with Crippen LogP contribution in [0.5, 0.6) is 0 Å². The Morgan fingerprint density at radius 1 is 1.23 bits per heavy atom. The van der Waals surface area contributed by atoms with Crippen molar-refractivity contribution in [1.82, 2.24) is 5.16 Å². The number of benzene rings is 1. The molecule has 1 aromatic carbocycles. The van der Waals surface area contributed by atoms with Crippen molar-refractivity contribution in [3.05, 3.63) is 40.8 Å². The summed E-state index contributed by atoms with van der Waals surface area (Å²) in [6, 6.07) is 6.93. The molecular formula is C17H19N3O2. The van der Waals surface area contributed by atoms with Gasteiger partial charge in [-0.1, -0.05) is 23.4 Å². The molecule has 5 heteroatoms. The number of aromatic nitrogens is 1. The first-order valence-electron chi connectivity index (χ1n) is 7.59. The molecule has 5 nitrogen and oxygen atoms in total. The largest absolute Gasteiger partial charge is 0.463 e. The Kier molecular flexibility index (Phi) is 2.79. The minimum Gasteiger partial charge on any atom is -0.463 e. The van der Waals surface area contributed by atoms with Crippen molar-refractivity contribution < 1.29 is 9.26 Å². The number of aryl methyl sites for hydroxylation is 3. The molecule has 2 heterocycles. The first kappa shape index (κ1) is 13.4. The number of hydrogen-bond donors (Lipinski definition) is 1. The van der Waals surface area contributed by atoms with Crippen LogP contribution in [0.3, 0.4) is 0 Å². The normalized spacial score (nSPS) is 23.3. The monoisotopic (exact) mass is 297 g/mol. The number of aliphatic imine (C=N–C) groups is 1. The fourth-order valence-corrected chi connectivity index (χ4v) is 3.62. The van der Waals surface area contributed by atoms with Crippen molar-refractivity contribution in [2.75, 3.05) is 6.61 Å². The predicted molar refractivity (Wildman–Crippen MR) is 83.7 cm³/mol. The predicted octanol–water partition coefficient (Wildman–Crippen LogP) is 2.53. The molecule has 1 unspecified atom stereocenters. The summed E-state index contributed by atoms with van der Waals surface area (Å²) in [4.78, 5) is 4.53. The second kappa shape index (κ2) is 4.60. The van der Waals surface area contributed by atoms with Crippen LogP contribution in [-0.2, 0) is 17.6 Å². The highest BCUT2D eigenvalue weighted by atomic mass is 16.5. The molecule has 0 saturated carbocycles. The number of nitrogens with two attached hydrogens (primary N) is 1. The lowest BCUT2D eigenvalue weighted by Gasteiger charge is -2.30. The number of amidine groups is 1. The fourth-order valence-electron chi connectivity index (χ4n) is 3.62. The highest BCUT2D eigenvalue weighted by molar-refractivity contribution is 5.74. The van der Waals surface area contributed by atoms with Crippen molar-refractivity contribution in [3.63, 3.8) is 0 Å². The first-order valence-corrected chi connectivity index (χ1v) is 7.59. The maximum Gasteiger partial charge on any atom is 0.282 e. The summed E-state index contributed by atoms with van der Waals surface area (Å²) in [5.74, 6) is 0.867. The van der Waals surface area contributed by atoms with Gasteiger partial charge >= 0.3 is 0 Å². The molecule has 1 aliphatic carbocycles.